The average Bonchev–Trinajstić information content (AvgIpc) is 3.25. The number of H-pyrrole nitrogens is 1. The summed E-state index contributed by atoms with van der Waals surface area (Å²) >= 11 is 0. The van der Waals surface area contributed by atoms with Gasteiger partial charge in [0, 0.05) is 52.9 Å². The van der Waals surface area contributed by atoms with Gasteiger partial charge in [0.25, 0.3) is 0 Å². The first kappa shape index (κ1) is 22.8. The maximum atomic E-state index is 14.6. The highest BCUT2D eigenvalue weighted by molar-refractivity contribution is 7.85. The van der Waals surface area contributed by atoms with Gasteiger partial charge in [-0.05, 0) is 33.3 Å². The van der Waals surface area contributed by atoms with Gasteiger partial charge in [-0.15, -0.1) is 0 Å². The Balaban J connectivity index is 1.62. The lowest BCUT2D eigenvalue weighted by molar-refractivity contribution is 0.0487. The quantitative estimate of drug-likeness (QED) is 0.673. The number of fused-ring (bicyclic) bond motifs is 1. The summed E-state index contributed by atoms with van der Waals surface area (Å²) in [6.45, 7) is 6.25. The number of carbonyl (C=O) groups excluding carboxylic acids is 1. The first-order valence-corrected chi connectivity index (χ1v) is 11.7. The number of halogens is 3. The van der Waals surface area contributed by atoms with Gasteiger partial charge in [-0.3, -0.25) is 14.2 Å². The van der Waals surface area contributed by atoms with E-state index in [1.165, 1.54) is 0 Å². The number of nitrogens with zero attached hydrogens (tertiary/aromatic N) is 2. The van der Waals surface area contributed by atoms with Crippen LogP contribution in [0.5, 0.6) is 0 Å². The van der Waals surface area contributed by atoms with Crippen LogP contribution in [-0.4, -0.2) is 48.8 Å². The fourth-order valence-electron chi connectivity index (χ4n) is 4.30. The summed E-state index contributed by atoms with van der Waals surface area (Å²) in [5.74, 6) is -3.42. The van der Waals surface area contributed by atoms with Gasteiger partial charge in [0.1, 0.15) is 11.4 Å². The zero-order chi connectivity index (χ0) is 23.2. The van der Waals surface area contributed by atoms with Gasteiger partial charge in [0.15, 0.2) is 11.6 Å². The Kier molecular flexibility index (Phi) is 6.06. The van der Waals surface area contributed by atoms with E-state index in [1.807, 2.05) is 0 Å². The highest BCUT2D eigenvalue weighted by atomic mass is 32.2. The third-order valence-electron chi connectivity index (χ3n) is 5.62. The number of ether oxygens (including phenoxy) is 1. The van der Waals surface area contributed by atoms with Gasteiger partial charge < -0.3 is 10.1 Å². The Bertz CT molecular complexity index is 1030. The molecule has 0 spiro atoms. The lowest BCUT2D eigenvalue weighted by atomic mass is 9.97. The van der Waals surface area contributed by atoms with E-state index in [2.05, 4.69) is 20.4 Å². The van der Waals surface area contributed by atoms with E-state index < -0.39 is 51.2 Å². The second-order valence-corrected chi connectivity index (χ2v) is 10.8. The molecule has 7 nitrogen and oxygen atoms in total. The minimum absolute atomic E-state index is 0.173. The first-order valence-electron chi connectivity index (χ1n) is 10.3. The molecule has 4 rings (SSSR count). The maximum Gasteiger partial charge on any atom is 0.407 e. The molecule has 2 aliphatic heterocycles. The van der Waals surface area contributed by atoms with Crippen LogP contribution >= 0.6 is 0 Å². The Hall–Kier alpha value is -2.40. The second kappa shape index (κ2) is 8.51. The number of aromatic amines is 1. The SMILES string of the molecule is CC(C)(C)OC(=O)N[C@H]1C[C@@H](N2Cc3cn[nH]c3C2)CS(=O)C1c1cc(F)cc(F)c1F. The number of rotatable bonds is 3. The van der Waals surface area contributed by atoms with Gasteiger partial charge >= 0.3 is 6.09 Å². The summed E-state index contributed by atoms with van der Waals surface area (Å²) in [5.41, 5.74) is 0.866. The van der Waals surface area contributed by atoms with Crippen LogP contribution in [0.3, 0.4) is 0 Å². The van der Waals surface area contributed by atoms with Crippen molar-refractivity contribution in [1.29, 1.82) is 0 Å². The van der Waals surface area contributed by atoms with Gasteiger partial charge in [0.05, 0.1) is 23.2 Å². The van der Waals surface area contributed by atoms with E-state index in [4.69, 9.17) is 4.74 Å². The molecule has 1 amide bonds. The molecule has 0 bridgehead atoms. The van der Waals surface area contributed by atoms with Crippen molar-refractivity contribution < 1.29 is 26.9 Å². The van der Waals surface area contributed by atoms with Crippen LogP contribution in [0.2, 0.25) is 0 Å². The molecule has 1 saturated heterocycles. The van der Waals surface area contributed by atoms with Crippen molar-refractivity contribution in [3.05, 3.63) is 52.6 Å². The molecule has 174 valence electrons. The number of aromatic nitrogens is 2. The summed E-state index contributed by atoms with van der Waals surface area (Å²) in [7, 11) is -1.72. The Labute approximate surface area is 186 Å². The minimum Gasteiger partial charge on any atom is -0.444 e. The summed E-state index contributed by atoms with van der Waals surface area (Å²) in [6, 6.07) is 0.235. The van der Waals surface area contributed by atoms with E-state index in [0.717, 1.165) is 17.3 Å². The number of hydrogen-bond acceptors (Lipinski definition) is 5. The van der Waals surface area contributed by atoms with E-state index >= 15 is 0 Å². The molecule has 11 heteroatoms. The molecule has 2 N–H and O–H groups in total. The van der Waals surface area contributed by atoms with Crippen LogP contribution in [0.25, 0.3) is 0 Å². The molecule has 1 aromatic heterocycles. The molecular formula is C21H25F3N4O3S. The number of amides is 1. The summed E-state index contributed by atoms with van der Waals surface area (Å²) in [6.07, 6.45) is 1.28. The van der Waals surface area contributed by atoms with Crippen LogP contribution in [0.1, 0.15) is 49.3 Å². The highest BCUT2D eigenvalue weighted by Gasteiger charge is 2.43. The molecule has 1 aromatic carbocycles. The monoisotopic (exact) mass is 470 g/mol. The standard InChI is InChI=1S/C21H25F3N4O3S/c1-21(2,3)31-20(29)26-16-6-13(28-8-11-7-25-27-17(11)9-28)10-32(30)19(16)14-4-12(22)5-15(23)18(14)24/h4-5,7,13,16,19H,6,8-10H2,1-3H3,(H,25,27)(H,26,29)/t13-,16+,19?,32?/m1/s1. The molecule has 32 heavy (non-hydrogen) atoms. The van der Waals surface area contributed by atoms with Crippen molar-refractivity contribution in [3.63, 3.8) is 0 Å². The van der Waals surface area contributed by atoms with E-state index in [9.17, 15) is 22.2 Å². The summed E-state index contributed by atoms with van der Waals surface area (Å²) < 4.78 is 61.1. The smallest absolute Gasteiger partial charge is 0.407 e. The molecule has 0 radical (unpaired) electrons. The summed E-state index contributed by atoms with van der Waals surface area (Å²) in [4.78, 5) is 14.6. The van der Waals surface area contributed by atoms with Crippen molar-refractivity contribution >= 4 is 16.9 Å². The van der Waals surface area contributed by atoms with Gasteiger partial charge in [-0.2, -0.15) is 5.10 Å². The van der Waals surface area contributed by atoms with Gasteiger partial charge in [-0.1, -0.05) is 0 Å². The second-order valence-electron chi connectivity index (χ2n) is 9.18. The molecule has 2 aromatic rings. The largest absolute Gasteiger partial charge is 0.444 e. The van der Waals surface area contributed by atoms with Crippen molar-refractivity contribution in [2.75, 3.05) is 5.75 Å². The molecule has 2 aliphatic rings. The van der Waals surface area contributed by atoms with Crippen LogP contribution in [0, 0.1) is 17.5 Å². The molecule has 2 unspecified atom stereocenters. The van der Waals surface area contributed by atoms with E-state index in [1.54, 1.807) is 27.0 Å². The Morgan fingerprint density at radius 2 is 2.03 bits per heavy atom. The van der Waals surface area contributed by atoms with Crippen LogP contribution < -0.4 is 5.32 Å². The minimum atomic E-state index is -1.72. The zero-order valence-electron chi connectivity index (χ0n) is 18.0. The molecule has 1 fully saturated rings. The molecular weight excluding hydrogens is 445 g/mol. The predicted octanol–water partition coefficient (Wildman–Crippen LogP) is 3.30. The number of benzene rings is 1. The Morgan fingerprint density at radius 1 is 1.28 bits per heavy atom. The van der Waals surface area contributed by atoms with Crippen molar-refractivity contribution in [2.45, 2.75) is 63.2 Å². The van der Waals surface area contributed by atoms with Crippen LogP contribution in [0.4, 0.5) is 18.0 Å². The van der Waals surface area contributed by atoms with Crippen molar-refractivity contribution in [3.8, 4) is 0 Å². The molecule has 0 aliphatic carbocycles. The Morgan fingerprint density at radius 3 is 2.72 bits per heavy atom. The van der Waals surface area contributed by atoms with Crippen LogP contribution in [-0.2, 0) is 28.6 Å². The zero-order valence-corrected chi connectivity index (χ0v) is 18.8. The topological polar surface area (TPSA) is 87.3 Å². The summed E-state index contributed by atoms with van der Waals surface area (Å²) in [5, 5.41) is 8.50. The predicted molar refractivity (Wildman–Crippen MR) is 111 cm³/mol. The third-order valence-corrected chi connectivity index (χ3v) is 7.48. The van der Waals surface area contributed by atoms with E-state index in [-0.39, 0.29) is 17.4 Å². The fraction of sp³-hybridized carbons (Fsp3) is 0.524. The van der Waals surface area contributed by atoms with Crippen LogP contribution in [0.15, 0.2) is 18.3 Å². The van der Waals surface area contributed by atoms with Crippen molar-refractivity contribution in [2.24, 2.45) is 0 Å². The third kappa shape index (κ3) is 4.68. The average molecular weight is 471 g/mol. The number of alkyl carbamates (subject to hydrolysis) is 1. The molecule has 3 heterocycles. The lowest BCUT2D eigenvalue weighted by Gasteiger charge is -2.40. The number of hydrogen-bond donors (Lipinski definition) is 2. The molecule has 0 saturated carbocycles. The van der Waals surface area contributed by atoms with E-state index in [0.29, 0.717) is 25.6 Å². The number of carbonyl (C=O) groups is 1. The normalized spacial score (nSPS) is 26.1. The van der Waals surface area contributed by atoms with Gasteiger partial charge in [0.2, 0.25) is 0 Å². The molecule has 4 atom stereocenters. The fourth-order valence-corrected chi connectivity index (χ4v) is 6.23. The maximum absolute atomic E-state index is 14.6. The highest BCUT2D eigenvalue weighted by Crippen LogP contribution is 2.37. The number of nitrogens with one attached hydrogen (secondary N) is 2. The van der Waals surface area contributed by atoms with Crippen molar-refractivity contribution in [1.82, 2.24) is 20.4 Å². The first-order chi connectivity index (χ1) is 15.0. The lowest BCUT2D eigenvalue weighted by Crippen LogP contribution is -2.53. The van der Waals surface area contributed by atoms with Gasteiger partial charge in [-0.25, -0.2) is 18.0 Å².